The fourth-order valence-corrected chi connectivity index (χ4v) is 6.01. The summed E-state index contributed by atoms with van der Waals surface area (Å²) in [5.74, 6) is -1.32. The molecule has 0 amide bonds. The Balaban J connectivity index is 1.49. The van der Waals surface area contributed by atoms with Crippen molar-refractivity contribution in [1.29, 1.82) is 5.26 Å². The second-order valence-corrected chi connectivity index (χ2v) is 10.6. The van der Waals surface area contributed by atoms with Crippen LogP contribution < -0.4 is 14.8 Å². The lowest BCUT2D eigenvalue weighted by Crippen LogP contribution is -2.42. The highest BCUT2D eigenvalue weighted by atomic mass is 35.5. The number of ether oxygens (including phenoxy) is 3. The number of nitrogens with one attached hydrogen (secondary N) is 1. The molecule has 0 saturated heterocycles. The third-order valence-corrected chi connectivity index (χ3v) is 7.98. The van der Waals surface area contributed by atoms with E-state index in [-0.39, 0.29) is 46.2 Å². The fourth-order valence-electron chi connectivity index (χ4n) is 5.75. The summed E-state index contributed by atoms with van der Waals surface area (Å²) in [7, 11) is 3.41. The van der Waals surface area contributed by atoms with Gasteiger partial charge in [-0.1, -0.05) is 41.9 Å². The highest BCUT2D eigenvalue weighted by Crippen LogP contribution is 2.52. The van der Waals surface area contributed by atoms with Crippen molar-refractivity contribution in [3.05, 3.63) is 87.7 Å². The standard InChI is InChI=1S/C31H27ClF2N4O3/c1-38-15-22-20-11-18(14-35)26(29(34)30(20)40-16-24(22)37-38)27-21-13-31(17-36-9-6-10-39-2,19-7-4-3-5-8-19)41-25(21)12-23(33)28(27)32/h3-5,7-8,11-12,15,36H,6,9-10,13,16-17H2,1-2H3/t31-/m1/s1. The normalized spacial score (nSPS) is 16.8. The monoisotopic (exact) mass is 576 g/mol. The van der Waals surface area contributed by atoms with Crippen molar-refractivity contribution in [2.45, 2.75) is 25.0 Å². The number of rotatable bonds is 8. The third-order valence-electron chi connectivity index (χ3n) is 7.61. The molecule has 3 aromatic carbocycles. The minimum atomic E-state index is -0.916. The lowest BCUT2D eigenvalue weighted by molar-refractivity contribution is 0.0905. The summed E-state index contributed by atoms with van der Waals surface area (Å²) in [6.07, 6.45) is 2.82. The Morgan fingerprint density at radius 1 is 1.20 bits per heavy atom. The largest absolute Gasteiger partial charge is 0.483 e. The van der Waals surface area contributed by atoms with Crippen LogP contribution >= 0.6 is 11.6 Å². The Kier molecular flexibility index (Phi) is 7.16. The van der Waals surface area contributed by atoms with Crippen LogP contribution in [0.15, 0.2) is 48.7 Å². The second kappa shape index (κ2) is 10.8. The zero-order valence-electron chi connectivity index (χ0n) is 22.6. The number of nitrogens with zero attached hydrogens (tertiary/aromatic N) is 3. The quantitative estimate of drug-likeness (QED) is 0.263. The van der Waals surface area contributed by atoms with E-state index in [1.807, 2.05) is 30.3 Å². The number of aromatic nitrogens is 2. The molecule has 10 heteroatoms. The van der Waals surface area contributed by atoms with E-state index >= 15 is 8.78 Å². The van der Waals surface area contributed by atoms with Crippen LogP contribution in [0, 0.1) is 23.0 Å². The van der Waals surface area contributed by atoms with Crippen molar-refractivity contribution >= 4 is 11.6 Å². The Bertz CT molecular complexity index is 1690. The van der Waals surface area contributed by atoms with Crippen LogP contribution in [-0.4, -0.2) is 36.6 Å². The van der Waals surface area contributed by atoms with Crippen LogP contribution in [0.2, 0.25) is 5.02 Å². The van der Waals surface area contributed by atoms with Gasteiger partial charge in [-0.3, -0.25) is 4.68 Å². The van der Waals surface area contributed by atoms with Gasteiger partial charge in [-0.25, -0.2) is 8.78 Å². The first-order chi connectivity index (χ1) is 19.9. The van der Waals surface area contributed by atoms with Crippen molar-refractivity contribution in [2.75, 3.05) is 26.8 Å². The number of benzene rings is 3. The highest BCUT2D eigenvalue weighted by Gasteiger charge is 2.44. The average Bonchev–Trinajstić information content (AvgIpc) is 3.55. The van der Waals surface area contributed by atoms with Gasteiger partial charge in [0.2, 0.25) is 0 Å². The van der Waals surface area contributed by atoms with E-state index in [1.54, 1.807) is 31.1 Å². The molecule has 4 aromatic rings. The summed E-state index contributed by atoms with van der Waals surface area (Å²) < 4.78 is 50.9. The molecule has 0 aliphatic carbocycles. The van der Waals surface area contributed by atoms with Crippen molar-refractivity contribution < 1.29 is 23.0 Å². The van der Waals surface area contributed by atoms with Crippen LogP contribution in [0.25, 0.3) is 22.3 Å². The van der Waals surface area contributed by atoms with E-state index in [4.69, 9.17) is 25.8 Å². The molecule has 2 aliphatic rings. The molecule has 41 heavy (non-hydrogen) atoms. The molecule has 7 nitrogen and oxygen atoms in total. The first-order valence-electron chi connectivity index (χ1n) is 13.2. The summed E-state index contributed by atoms with van der Waals surface area (Å²) >= 11 is 6.59. The lowest BCUT2D eigenvalue weighted by atomic mass is 9.84. The lowest BCUT2D eigenvalue weighted by Gasteiger charge is -2.30. The summed E-state index contributed by atoms with van der Waals surface area (Å²) in [4.78, 5) is 0. The summed E-state index contributed by atoms with van der Waals surface area (Å²) in [5, 5.41) is 17.7. The van der Waals surface area contributed by atoms with E-state index in [2.05, 4.69) is 16.5 Å². The maximum atomic E-state index is 16.5. The zero-order valence-corrected chi connectivity index (χ0v) is 23.3. The molecular weight excluding hydrogens is 550 g/mol. The highest BCUT2D eigenvalue weighted by molar-refractivity contribution is 6.34. The van der Waals surface area contributed by atoms with Gasteiger partial charge in [0.25, 0.3) is 0 Å². The van der Waals surface area contributed by atoms with Gasteiger partial charge in [0.05, 0.1) is 16.7 Å². The van der Waals surface area contributed by atoms with E-state index in [9.17, 15) is 5.26 Å². The van der Waals surface area contributed by atoms with Crippen LogP contribution in [0.4, 0.5) is 8.78 Å². The summed E-state index contributed by atoms with van der Waals surface area (Å²) in [6, 6.07) is 14.5. The number of fused-ring (bicyclic) bond motifs is 4. The molecule has 1 aromatic heterocycles. The maximum Gasteiger partial charge on any atom is 0.174 e. The van der Waals surface area contributed by atoms with Crippen molar-refractivity contribution in [1.82, 2.24) is 15.1 Å². The van der Waals surface area contributed by atoms with Gasteiger partial charge < -0.3 is 19.5 Å². The Morgan fingerprint density at radius 3 is 2.76 bits per heavy atom. The molecule has 1 atom stereocenters. The zero-order chi connectivity index (χ0) is 28.7. The number of nitriles is 1. The predicted molar refractivity (Wildman–Crippen MR) is 150 cm³/mol. The van der Waals surface area contributed by atoms with Gasteiger partial charge in [0.15, 0.2) is 17.2 Å². The Morgan fingerprint density at radius 2 is 2.00 bits per heavy atom. The fraction of sp³-hybridized carbons (Fsp3) is 0.290. The first-order valence-corrected chi connectivity index (χ1v) is 13.6. The molecule has 0 unspecified atom stereocenters. The molecule has 2 aliphatic heterocycles. The van der Waals surface area contributed by atoms with E-state index in [1.165, 1.54) is 6.07 Å². The molecule has 0 radical (unpaired) electrons. The first kappa shape index (κ1) is 27.2. The van der Waals surface area contributed by atoms with Gasteiger partial charge in [0.1, 0.15) is 23.9 Å². The van der Waals surface area contributed by atoms with Crippen LogP contribution in [0.1, 0.15) is 28.8 Å². The maximum absolute atomic E-state index is 16.5. The average molecular weight is 577 g/mol. The predicted octanol–water partition coefficient (Wildman–Crippen LogP) is 5.91. The van der Waals surface area contributed by atoms with Gasteiger partial charge in [-0.15, -0.1) is 0 Å². The topological polar surface area (TPSA) is 81.3 Å². The number of halogens is 3. The molecule has 6 rings (SSSR count). The molecule has 0 fully saturated rings. The summed E-state index contributed by atoms with van der Waals surface area (Å²) in [5.41, 5.74) is 2.20. The third kappa shape index (κ3) is 4.62. The van der Waals surface area contributed by atoms with Crippen molar-refractivity contribution in [2.24, 2.45) is 7.05 Å². The molecule has 3 heterocycles. The van der Waals surface area contributed by atoms with Crippen molar-refractivity contribution in [3.63, 3.8) is 0 Å². The molecule has 210 valence electrons. The molecule has 1 N–H and O–H groups in total. The summed E-state index contributed by atoms with van der Waals surface area (Å²) in [6.45, 7) is 1.75. The number of hydrogen-bond donors (Lipinski definition) is 1. The van der Waals surface area contributed by atoms with Gasteiger partial charge in [0, 0.05) is 73.8 Å². The smallest absolute Gasteiger partial charge is 0.174 e. The minimum Gasteiger partial charge on any atom is -0.483 e. The van der Waals surface area contributed by atoms with Crippen LogP contribution in [-0.2, 0) is 30.4 Å². The van der Waals surface area contributed by atoms with Crippen LogP contribution in [0.3, 0.4) is 0 Å². The molecule has 0 saturated carbocycles. The Hall–Kier alpha value is -3.97. The second-order valence-electron chi connectivity index (χ2n) is 10.2. The SMILES string of the molecule is COCCCNC[C@@]1(c2ccccc2)Cc2c(cc(F)c(Cl)c2-c2c(C#N)cc3c(c2F)OCc2nn(C)cc2-3)O1. The van der Waals surface area contributed by atoms with E-state index in [0.717, 1.165) is 12.0 Å². The van der Waals surface area contributed by atoms with E-state index < -0.39 is 17.2 Å². The number of methoxy groups -OCH3 is 1. The number of aryl methyl sites for hydroxylation is 1. The van der Waals surface area contributed by atoms with Crippen molar-refractivity contribution in [3.8, 4) is 39.8 Å². The number of hydrogen-bond acceptors (Lipinski definition) is 6. The van der Waals surface area contributed by atoms with Gasteiger partial charge >= 0.3 is 0 Å². The minimum absolute atomic E-state index is 0.00570. The molecule has 0 bridgehead atoms. The molecular formula is C31H27ClF2N4O3. The molecule has 0 spiro atoms. The van der Waals surface area contributed by atoms with Crippen LogP contribution in [0.5, 0.6) is 11.5 Å². The Labute approximate surface area is 241 Å². The van der Waals surface area contributed by atoms with Gasteiger partial charge in [-0.2, -0.15) is 10.4 Å². The van der Waals surface area contributed by atoms with E-state index in [0.29, 0.717) is 42.1 Å². The van der Waals surface area contributed by atoms with Gasteiger partial charge in [-0.05, 0) is 24.6 Å².